The van der Waals surface area contributed by atoms with Crippen molar-refractivity contribution in [2.75, 3.05) is 13.1 Å². The molecule has 0 bridgehead atoms. The van der Waals surface area contributed by atoms with Gasteiger partial charge in [-0.1, -0.05) is 32.0 Å². The Labute approximate surface area is 117 Å². The normalized spacial score (nSPS) is 19.3. The van der Waals surface area contributed by atoms with Crippen molar-refractivity contribution in [3.8, 4) is 0 Å². The van der Waals surface area contributed by atoms with E-state index in [9.17, 15) is 0 Å². The van der Waals surface area contributed by atoms with Crippen LogP contribution in [-0.4, -0.2) is 18.0 Å². The molecule has 0 N–H and O–H groups in total. The van der Waals surface area contributed by atoms with E-state index in [1.54, 1.807) is 11.3 Å². The highest BCUT2D eigenvalue weighted by Gasteiger charge is 2.22. The van der Waals surface area contributed by atoms with Gasteiger partial charge >= 0.3 is 0 Å². The van der Waals surface area contributed by atoms with Crippen molar-refractivity contribution in [1.29, 1.82) is 0 Å². The second-order valence-corrected chi connectivity index (χ2v) is 6.34. The summed E-state index contributed by atoms with van der Waals surface area (Å²) in [5.41, 5.74) is 7.68. The number of hydrogen-bond donors (Lipinski definition) is 0. The van der Waals surface area contributed by atoms with E-state index in [4.69, 9.17) is 0 Å². The maximum absolute atomic E-state index is 2.62. The van der Waals surface area contributed by atoms with Crippen LogP contribution in [0.25, 0.3) is 5.57 Å². The Hall–Kier alpha value is -1.24. The van der Waals surface area contributed by atoms with Gasteiger partial charge in [-0.2, -0.15) is 0 Å². The summed E-state index contributed by atoms with van der Waals surface area (Å²) in [6.45, 7) is 9.42. The molecule has 0 atom stereocenters. The molecule has 0 aromatic heterocycles. The molecule has 1 heteroatoms. The zero-order valence-corrected chi connectivity index (χ0v) is 12.5. The predicted molar refractivity (Wildman–Crippen MR) is 82.3 cm³/mol. The zero-order valence-electron chi connectivity index (χ0n) is 12.5. The van der Waals surface area contributed by atoms with E-state index < -0.39 is 0 Å². The number of likely N-dealkylation sites (tertiary alicyclic amines) is 1. The first-order chi connectivity index (χ1) is 9.16. The molecular formula is C18H25N. The Kier molecular flexibility index (Phi) is 3.38. The molecule has 1 saturated heterocycles. The van der Waals surface area contributed by atoms with E-state index in [0.717, 1.165) is 0 Å². The first-order valence-corrected chi connectivity index (χ1v) is 7.74. The lowest BCUT2D eigenvalue weighted by atomic mass is 9.86. The van der Waals surface area contributed by atoms with Crippen molar-refractivity contribution in [1.82, 2.24) is 4.90 Å². The summed E-state index contributed by atoms with van der Waals surface area (Å²) in [6, 6.07) is 7.11. The van der Waals surface area contributed by atoms with Gasteiger partial charge in [-0.15, -0.1) is 0 Å². The fourth-order valence-corrected chi connectivity index (χ4v) is 3.52. The maximum atomic E-state index is 2.62. The maximum Gasteiger partial charge on any atom is 0.0175 e. The van der Waals surface area contributed by atoms with Crippen LogP contribution in [0.1, 0.15) is 62.6 Å². The number of nitrogens with zero attached hydrogens (tertiary/aromatic N) is 1. The molecule has 0 spiro atoms. The average Bonchev–Trinajstić information content (AvgIpc) is 2.92. The van der Waals surface area contributed by atoms with Crippen molar-refractivity contribution < 1.29 is 0 Å². The van der Waals surface area contributed by atoms with Crippen molar-refractivity contribution in [2.45, 2.75) is 52.4 Å². The summed E-state index contributed by atoms with van der Waals surface area (Å²) >= 11 is 0. The minimum atomic E-state index is 0.634. The molecule has 1 aliphatic carbocycles. The highest BCUT2D eigenvalue weighted by Crippen LogP contribution is 2.35. The van der Waals surface area contributed by atoms with Crippen LogP contribution >= 0.6 is 0 Å². The SMILES string of the molecule is CC1=C(N2CCCC2)CCc2cc(C(C)C)ccc21. The Bertz CT molecular complexity index is 504. The second kappa shape index (κ2) is 5.03. The molecule has 1 aliphatic heterocycles. The van der Waals surface area contributed by atoms with E-state index in [2.05, 4.69) is 43.9 Å². The highest BCUT2D eigenvalue weighted by molar-refractivity contribution is 5.71. The van der Waals surface area contributed by atoms with Gasteiger partial charge in [-0.3, -0.25) is 0 Å². The smallest absolute Gasteiger partial charge is 0.0175 e. The molecule has 2 aliphatic rings. The number of hydrogen-bond acceptors (Lipinski definition) is 1. The fourth-order valence-electron chi connectivity index (χ4n) is 3.52. The highest BCUT2D eigenvalue weighted by atomic mass is 15.1. The van der Waals surface area contributed by atoms with Crippen LogP contribution in [0, 0.1) is 0 Å². The van der Waals surface area contributed by atoms with Crippen LogP contribution in [-0.2, 0) is 6.42 Å². The predicted octanol–water partition coefficient (Wildman–Crippen LogP) is 4.58. The third-order valence-corrected chi connectivity index (χ3v) is 4.75. The van der Waals surface area contributed by atoms with Crippen molar-refractivity contribution in [2.24, 2.45) is 0 Å². The van der Waals surface area contributed by atoms with Crippen LogP contribution in [0.4, 0.5) is 0 Å². The number of allylic oxidation sites excluding steroid dienone is 2. The summed E-state index contributed by atoms with van der Waals surface area (Å²) in [5, 5.41) is 0. The summed E-state index contributed by atoms with van der Waals surface area (Å²) < 4.78 is 0. The number of rotatable bonds is 2. The van der Waals surface area contributed by atoms with Crippen molar-refractivity contribution in [3.63, 3.8) is 0 Å². The van der Waals surface area contributed by atoms with Crippen LogP contribution in [0.2, 0.25) is 0 Å². The third kappa shape index (κ3) is 2.31. The fraction of sp³-hybridized carbons (Fsp3) is 0.556. The minimum Gasteiger partial charge on any atom is -0.375 e. The van der Waals surface area contributed by atoms with Crippen molar-refractivity contribution in [3.05, 3.63) is 40.6 Å². The molecular weight excluding hydrogens is 230 g/mol. The second-order valence-electron chi connectivity index (χ2n) is 6.34. The van der Waals surface area contributed by atoms with Gasteiger partial charge in [0.05, 0.1) is 0 Å². The van der Waals surface area contributed by atoms with Gasteiger partial charge in [-0.25, -0.2) is 0 Å². The van der Waals surface area contributed by atoms with Gasteiger partial charge < -0.3 is 4.90 Å². The molecule has 19 heavy (non-hydrogen) atoms. The molecule has 0 radical (unpaired) electrons. The molecule has 1 aromatic carbocycles. The monoisotopic (exact) mass is 255 g/mol. The molecule has 1 fully saturated rings. The molecule has 0 unspecified atom stereocenters. The van der Waals surface area contributed by atoms with Gasteiger partial charge in [0.2, 0.25) is 0 Å². The van der Waals surface area contributed by atoms with Crippen LogP contribution in [0.3, 0.4) is 0 Å². The third-order valence-electron chi connectivity index (χ3n) is 4.75. The van der Waals surface area contributed by atoms with Gasteiger partial charge in [0, 0.05) is 18.8 Å². The first kappa shape index (κ1) is 12.8. The van der Waals surface area contributed by atoms with Crippen LogP contribution < -0.4 is 0 Å². The van der Waals surface area contributed by atoms with Crippen molar-refractivity contribution >= 4 is 5.57 Å². The quantitative estimate of drug-likeness (QED) is 0.747. The van der Waals surface area contributed by atoms with E-state index in [1.807, 2.05) is 0 Å². The lowest BCUT2D eigenvalue weighted by Gasteiger charge is -2.29. The molecule has 1 heterocycles. The van der Waals surface area contributed by atoms with Gasteiger partial charge in [-0.05, 0) is 60.8 Å². The summed E-state index contributed by atoms with van der Waals surface area (Å²) in [7, 11) is 0. The van der Waals surface area contributed by atoms with E-state index in [0.29, 0.717) is 5.92 Å². The van der Waals surface area contributed by atoms with Gasteiger partial charge in [0.1, 0.15) is 0 Å². The Morgan fingerprint density at radius 3 is 2.47 bits per heavy atom. The standard InChI is InChI=1S/C18H25N/c1-13(2)15-6-8-17-14(3)18(9-7-16(17)12-15)19-10-4-5-11-19/h6,8,12-13H,4-5,7,9-11H2,1-3H3. The summed E-state index contributed by atoms with van der Waals surface area (Å²) in [6.07, 6.45) is 5.20. The molecule has 1 aromatic rings. The zero-order chi connectivity index (χ0) is 13.4. The number of fused-ring (bicyclic) bond motifs is 1. The van der Waals surface area contributed by atoms with Crippen LogP contribution in [0.5, 0.6) is 0 Å². The minimum absolute atomic E-state index is 0.634. The van der Waals surface area contributed by atoms with E-state index >= 15 is 0 Å². The molecule has 3 rings (SSSR count). The van der Waals surface area contributed by atoms with Crippen LogP contribution in [0.15, 0.2) is 23.9 Å². The number of aryl methyl sites for hydroxylation is 1. The topological polar surface area (TPSA) is 3.24 Å². The Morgan fingerprint density at radius 1 is 1.05 bits per heavy atom. The lowest BCUT2D eigenvalue weighted by Crippen LogP contribution is -2.22. The van der Waals surface area contributed by atoms with Gasteiger partial charge in [0.25, 0.3) is 0 Å². The average molecular weight is 255 g/mol. The Morgan fingerprint density at radius 2 is 1.79 bits per heavy atom. The molecule has 1 nitrogen and oxygen atoms in total. The largest absolute Gasteiger partial charge is 0.375 e. The van der Waals surface area contributed by atoms with E-state index in [-0.39, 0.29) is 0 Å². The summed E-state index contributed by atoms with van der Waals surface area (Å²) in [4.78, 5) is 2.62. The molecule has 0 saturated carbocycles. The van der Waals surface area contributed by atoms with E-state index in [1.165, 1.54) is 55.5 Å². The van der Waals surface area contributed by atoms with Gasteiger partial charge in [0.15, 0.2) is 0 Å². The summed E-state index contributed by atoms with van der Waals surface area (Å²) in [5.74, 6) is 0.634. The molecule has 0 amide bonds. The molecule has 102 valence electrons. The Balaban J connectivity index is 1.97. The number of benzene rings is 1. The lowest BCUT2D eigenvalue weighted by molar-refractivity contribution is 0.408. The first-order valence-electron chi connectivity index (χ1n) is 7.74.